The van der Waals surface area contributed by atoms with Crippen molar-refractivity contribution < 1.29 is 9.18 Å². The standard InChI is InChI=1S/C14H17FN2O/c15-11-3-1-2-4-12(11)17-13(18)10-9-14(10)5-7-16-8-6-14/h1-4,10,16H,5-9H2,(H,17,18). The molecule has 3 rings (SSSR count). The molecule has 1 heterocycles. The quantitative estimate of drug-likeness (QED) is 0.842. The molecule has 96 valence electrons. The largest absolute Gasteiger partial charge is 0.323 e. The van der Waals surface area contributed by atoms with Gasteiger partial charge in [-0.1, -0.05) is 12.1 Å². The third-order valence-electron chi connectivity index (χ3n) is 4.24. The van der Waals surface area contributed by atoms with Crippen LogP contribution in [0.4, 0.5) is 10.1 Å². The first kappa shape index (κ1) is 11.7. The summed E-state index contributed by atoms with van der Waals surface area (Å²) in [5.41, 5.74) is 0.485. The Labute approximate surface area is 106 Å². The van der Waals surface area contributed by atoms with Gasteiger partial charge in [0, 0.05) is 5.92 Å². The van der Waals surface area contributed by atoms with Crippen LogP contribution in [0.15, 0.2) is 24.3 Å². The van der Waals surface area contributed by atoms with Gasteiger partial charge in [-0.3, -0.25) is 4.79 Å². The van der Waals surface area contributed by atoms with E-state index in [9.17, 15) is 9.18 Å². The molecule has 0 bridgehead atoms. The SMILES string of the molecule is O=C(Nc1ccccc1F)C1CC12CCNCC2. The number of rotatable bonds is 2. The zero-order valence-corrected chi connectivity index (χ0v) is 10.2. The zero-order valence-electron chi connectivity index (χ0n) is 10.2. The predicted octanol–water partition coefficient (Wildman–Crippen LogP) is 2.15. The average molecular weight is 248 g/mol. The highest BCUT2D eigenvalue weighted by molar-refractivity contribution is 5.95. The lowest BCUT2D eigenvalue weighted by molar-refractivity contribution is -0.118. The van der Waals surface area contributed by atoms with Crippen LogP contribution in [0.2, 0.25) is 0 Å². The molecule has 18 heavy (non-hydrogen) atoms. The van der Waals surface area contributed by atoms with Crippen molar-refractivity contribution in [2.45, 2.75) is 19.3 Å². The number of anilines is 1. The molecule has 1 aromatic rings. The van der Waals surface area contributed by atoms with E-state index in [1.807, 2.05) is 0 Å². The molecule has 2 aliphatic rings. The Morgan fingerprint density at radius 1 is 1.33 bits per heavy atom. The van der Waals surface area contributed by atoms with Crippen molar-refractivity contribution in [1.29, 1.82) is 0 Å². The van der Waals surface area contributed by atoms with Gasteiger partial charge in [0.1, 0.15) is 5.82 Å². The molecule has 1 atom stereocenters. The fourth-order valence-corrected chi connectivity index (χ4v) is 2.98. The molecular weight excluding hydrogens is 231 g/mol. The van der Waals surface area contributed by atoms with E-state index in [0.29, 0.717) is 5.69 Å². The van der Waals surface area contributed by atoms with Crippen LogP contribution in [0.5, 0.6) is 0 Å². The van der Waals surface area contributed by atoms with Crippen LogP contribution in [0.1, 0.15) is 19.3 Å². The Morgan fingerprint density at radius 3 is 2.78 bits per heavy atom. The lowest BCUT2D eigenvalue weighted by Crippen LogP contribution is -2.31. The minimum Gasteiger partial charge on any atom is -0.323 e. The number of piperidine rings is 1. The van der Waals surface area contributed by atoms with Crippen LogP contribution in [-0.2, 0) is 4.79 Å². The predicted molar refractivity (Wildman–Crippen MR) is 67.7 cm³/mol. The summed E-state index contributed by atoms with van der Waals surface area (Å²) in [4.78, 5) is 12.1. The molecule has 3 nitrogen and oxygen atoms in total. The number of amides is 1. The molecule has 1 amide bonds. The van der Waals surface area contributed by atoms with Gasteiger partial charge in [0.25, 0.3) is 0 Å². The summed E-state index contributed by atoms with van der Waals surface area (Å²) in [6.45, 7) is 1.98. The molecule has 1 aromatic carbocycles. The van der Waals surface area contributed by atoms with Crippen molar-refractivity contribution in [3.05, 3.63) is 30.1 Å². The van der Waals surface area contributed by atoms with Gasteiger partial charge in [-0.05, 0) is 49.9 Å². The second-order valence-corrected chi connectivity index (χ2v) is 5.34. The van der Waals surface area contributed by atoms with Crippen LogP contribution in [0, 0.1) is 17.2 Å². The van der Waals surface area contributed by atoms with Crippen LogP contribution >= 0.6 is 0 Å². The molecule has 0 aromatic heterocycles. The van der Waals surface area contributed by atoms with Gasteiger partial charge in [-0.2, -0.15) is 0 Å². The van der Waals surface area contributed by atoms with E-state index in [1.54, 1.807) is 18.2 Å². The molecule has 1 saturated heterocycles. The third kappa shape index (κ3) is 2.01. The summed E-state index contributed by atoms with van der Waals surface area (Å²) in [5, 5.41) is 6.02. The normalized spacial score (nSPS) is 24.8. The molecule has 1 aliphatic carbocycles. The maximum Gasteiger partial charge on any atom is 0.228 e. The zero-order chi connectivity index (χ0) is 12.6. The van der Waals surface area contributed by atoms with E-state index in [1.165, 1.54) is 6.07 Å². The fourth-order valence-electron chi connectivity index (χ4n) is 2.98. The van der Waals surface area contributed by atoms with Crippen LogP contribution in [0.3, 0.4) is 0 Å². The van der Waals surface area contributed by atoms with Crippen molar-refractivity contribution in [2.24, 2.45) is 11.3 Å². The van der Waals surface area contributed by atoms with E-state index >= 15 is 0 Å². The van der Waals surface area contributed by atoms with Gasteiger partial charge in [0.2, 0.25) is 5.91 Å². The van der Waals surface area contributed by atoms with E-state index in [-0.39, 0.29) is 23.1 Å². The lowest BCUT2D eigenvalue weighted by Gasteiger charge is -2.23. The number of hydrogen-bond acceptors (Lipinski definition) is 2. The Bertz CT molecular complexity index is 469. The van der Waals surface area contributed by atoms with Gasteiger partial charge in [-0.15, -0.1) is 0 Å². The molecular formula is C14H17FN2O. The Balaban J connectivity index is 1.65. The maximum absolute atomic E-state index is 13.4. The summed E-state index contributed by atoms with van der Waals surface area (Å²) < 4.78 is 13.4. The summed E-state index contributed by atoms with van der Waals surface area (Å²) in [6.07, 6.45) is 3.07. The van der Waals surface area contributed by atoms with Crippen molar-refractivity contribution in [1.82, 2.24) is 5.32 Å². The maximum atomic E-state index is 13.4. The number of hydrogen-bond donors (Lipinski definition) is 2. The van der Waals surface area contributed by atoms with Crippen molar-refractivity contribution in [3.8, 4) is 0 Å². The molecule has 1 unspecified atom stereocenters. The number of para-hydroxylation sites is 1. The minimum atomic E-state index is -0.370. The van der Waals surface area contributed by atoms with Gasteiger partial charge < -0.3 is 10.6 Å². The van der Waals surface area contributed by atoms with Crippen molar-refractivity contribution >= 4 is 11.6 Å². The second-order valence-electron chi connectivity index (χ2n) is 5.34. The van der Waals surface area contributed by atoms with Gasteiger partial charge in [0.05, 0.1) is 5.69 Å². The highest BCUT2D eigenvalue weighted by atomic mass is 19.1. The summed E-state index contributed by atoms with van der Waals surface area (Å²) in [6, 6.07) is 6.32. The average Bonchev–Trinajstić information content (AvgIpc) is 3.07. The van der Waals surface area contributed by atoms with Crippen LogP contribution < -0.4 is 10.6 Å². The highest BCUT2D eigenvalue weighted by Crippen LogP contribution is 2.58. The van der Waals surface area contributed by atoms with Gasteiger partial charge in [-0.25, -0.2) is 4.39 Å². The van der Waals surface area contributed by atoms with Gasteiger partial charge in [0.15, 0.2) is 0 Å². The smallest absolute Gasteiger partial charge is 0.228 e. The summed E-state index contributed by atoms with van der Waals surface area (Å²) in [7, 11) is 0. The van der Waals surface area contributed by atoms with E-state index in [2.05, 4.69) is 10.6 Å². The summed E-state index contributed by atoms with van der Waals surface area (Å²) >= 11 is 0. The third-order valence-corrected chi connectivity index (χ3v) is 4.24. The van der Waals surface area contributed by atoms with E-state index in [4.69, 9.17) is 0 Å². The number of nitrogens with one attached hydrogen (secondary N) is 2. The first-order chi connectivity index (χ1) is 8.71. The Kier molecular flexibility index (Phi) is 2.82. The monoisotopic (exact) mass is 248 g/mol. The van der Waals surface area contributed by atoms with E-state index < -0.39 is 0 Å². The first-order valence-corrected chi connectivity index (χ1v) is 6.47. The Morgan fingerprint density at radius 2 is 2.06 bits per heavy atom. The van der Waals surface area contributed by atoms with Gasteiger partial charge >= 0.3 is 0 Å². The number of benzene rings is 1. The topological polar surface area (TPSA) is 41.1 Å². The minimum absolute atomic E-state index is 0.0259. The number of carbonyl (C=O) groups excluding carboxylic acids is 1. The lowest BCUT2D eigenvalue weighted by atomic mass is 9.92. The molecule has 2 fully saturated rings. The molecule has 1 spiro atoms. The number of carbonyl (C=O) groups is 1. The van der Waals surface area contributed by atoms with Crippen molar-refractivity contribution in [2.75, 3.05) is 18.4 Å². The molecule has 1 aliphatic heterocycles. The number of halogens is 1. The van der Waals surface area contributed by atoms with Crippen molar-refractivity contribution in [3.63, 3.8) is 0 Å². The Hall–Kier alpha value is -1.42. The molecule has 1 saturated carbocycles. The fraction of sp³-hybridized carbons (Fsp3) is 0.500. The van der Waals surface area contributed by atoms with Crippen LogP contribution in [0.25, 0.3) is 0 Å². The molecule has 0 radical (unpaired) electrons. The first-order valence-electron chi connectivity index (χ1n) is 6.47. The van der Waals surface area contributed by atoms with E-state index in [0.717, 1.165) is 32.4 Å². The molecule has 2 N–H and O–H groups in total. The second kappa shape index (κ2) is 4.35. The highest BCUT2D eigenvalue weighted by Gasteiger charge is 2.57. The summed E-state index contributed by atoms with van der Waals surface area (Å²) in [5.74, 6) is -0.327. The molecule has 4 heteroatoms. The van der Waals surface area contributed by atoms with Crippen LogP contribution in [-0.4, -0.2) is 19.0 Å².